The molecule has 2 N–H and O–H groups in total. The van der Waals surface area contributed by atoms with Crippen molar-refractivity contribution in [1.29, 1.82) is 0 Å². The van der Waals surface area contributed by atoms with E-state index in [2.05, 4.69) is 5.32 Å². The lowest BCUT2D eigenvalue weighted by Gasteiger charge is -2.07. The van der Waals surface area contributed by atoms with Gasteiger partial charge in [-0.3, -0.25) is 4.79 Å². The molecule has 0 fully saturated rings. The number of fused-ring (bicyclic) bond motifs is 1. The van der Waals surface area contributed by atoms with Crippen molar-refractivity contribution in [1.82, 2.24) is 9.88 Å². The Balaban J connectivity index is 2.14. The Morgan fingerprint density at radius 1 is 1.25 bits per heavy atom. The van der Waals surface area contributed by atoms with Gasteiger partial charge in [0.1, 0.15) is 0 Å². The molecular formula is C17H16Cl2N2O2S. The van der Waals surface area contributed by atoms with E-state index in [-0.39, 0.29) is 12.2 Å². The first-order valence-corrected chi connectivity index (χ1v) is 8.97. The average Bonchev–Trinajstić information content (AvgIpc) is 2.98. The number of halogens is 2. The first kappa shape index (κ1) is 17.5. The first-order valence-electron chi connectivity index (χ1n) is 7.40. The maximum atomic E-state index is 12.4. The molecule has 3 aromatic rings. The Morgan fingerprint density at radius 2 is 2.04 bits per heavy atom. The number of nitrogens with one attached hydrogen (secondary N) is 1. The second-order valence-electron chi connectivity index (χ2n) is 5.44. The zero-order chi connectivity index (χ0) is 17.3. The maximum Gasteiger partial charge on any atom is 0.259 e. The van der Waals surface area contributed by atoms with E-state index in [4.69, 9.17) is 28.3 Å². The van der Waals surface area contributed by atoms with Crippen LogP contribution in [0.4, 0.5) is 0 Å². The molecule has 0 spiro atoms. The number of pyridine rings is 1. The minimum atomic E-state index is -0.0292. The summed E-state index contributed by atoms with van der Waals surface area (Å²) in [6.07, 6.45) is 1.83. The number of nitrogens with zero attached hydrogens (tertiary/aromatic N) is 1. The zero-order valence-corrected chi connectivity index (χ0v) is 15.3. The van der Waals surface area contributed by atoms with Crippen molar-refractivity contribution in [3.8, 4) is 11.1 Å². The van der Waals surface area contributed by atoms with Crippen LogP contribution in [-0.4, -0.2) is 22.8 Å². The molecule has 0 saturated carbocycles. The highest BCUT2D eigenvalue weighted by Crippen LogP contribution is 2.35. The van der Waals surface area contributed by atoms with Crippen molar-refractivity contribution in [2.75, 3.05) is 13.2 Å². The molecule has 0 aliphatic heterocycles. The van der Waals surface area contributed by atoms with Crippen LogP contribution in [0.15, 0.2) is 35.3 Å². The fourth-order valence-corrected chi connectivity index (χ4v) is 4.00. The third-order valence-corrected chi connectivity index (χ3v) is 5.63. The molecule has 3 rings (SSSR count). The minimum Gasteiger partial charge on any atom is -0.395 e. The summed E-state index contributed by atoms with van der Waals surface area (Å²) in [5.74, 6) is 0. The van der Waals surface area contributed by atoms with E-state index in [9.17, 15) is 4.79 Å². The molecule has 0 atom stereocenters. The van der Waals surface area contributed by atoms with Gasteiger partial charge in [-0.1, -0.05) is 29.3 Å². The van der Waals surface area contributed by atoms with E-state index >= 15 is 0 Å². The third kappa shape index (κ3) is 3.36. The van der Waals surface area contributed by atoms with Crippen LogP contribution in [0.1, 0.15) is 4.88 Å². The van der Waals surface area contributed by atoms with Gasteiger partial charge in [0.05, 0.1) is 22.0 Å². The topological polar surface area (TPSA) is 54.3 Å². The van der Waals surface area contributed by atoms with Crippen molar-refractivity contribution in [3.05, 3.63) is 55.7 Å². The molecule has 2 heterocycles. The van der Waals surface area contributed by atoms with Crippen LogP contribution in [0.2, 0.25) is 10.0 Å². The molecule has 24 heavy (non-hydrogen) atoms. The largest absolute Gasteiger partial charge is 0.395 e. The molecule has 126 valence electrons. The van der Waals surface area contributed by atoms with Crippen molar-refractivity contribution in [3.63, 3.8) is 0 Å². The Hall–Kier alpha value is -1.37. The van der Waals surface area contributed by atoms with E-state index < -0.39 is 0 Å². The monoisotopic (exact) mass is 382 g/mol. The predicted molar refractivity (Wildman–Crippen MR) is 101 cm³/mol. The summed E-state index contributed by atoms with van der Waals surface area (Å²) < 4.78 is 2.51. The number of aliphatic hydroxyl groups excluding tert-OH is 1. The van der Waals surface area contributed by atoms with E-state index in [0.717, 1.165) is 20.7 Å². The second kappa shape index (κ2) is 7.25. The van der Waals surface area contributed by atoms with Crippen molar-refractivity contribution >= 4 is 44.6 Å². The summed E-state index contributed by atoms with van der Waals surface area (Å²) in [5, 5.41) is 13.7. The maximum absolute atomic E-state index is 12.4. The van der Waals surface area contributed by atoms with Crippen LogP contribution in [0, 0.1) is 0 Å². The van der Waals surface area contributed by atoms with Crippen LogP contribution >= 0.6 is 34.5 Å². The lowest BCUT2D eigenvalue weighted by atomic mass is 10.1. The van der Waals surface area contributed by atoms with Crippen LogP contribution in [0.5, 0.6) is 0 Å². The van der Waals surface area contributed by atoms with E-state index in [0.29, 0.717) is 28.5 Å². The van der Waals surface area contributed by atoms with E-state index in [1.54, 1.807) is 29.0 Å². The van der Waals surface area contributed by atoms with Crippen LogP contribution in [0.3, 0.4) is 0 Å². The van der Waals surface area contributed by atoms with Crippen LogP contribution < -0.4 is 10.9 Å². The lowest BCUT2D eigenvalue weighted by Crippen LogP contribution is -2.17. The molecule has 4 nitrogen and oxygen atoms in total. The zero-order valence-electron chi connectivity index (χ0n) is 13.0. The highest BCUT2D eigenvalue weighted by atomic mass is 35.5. The molecule has 2 aromatic heterocycles. The number of aromatic nitrogens is 1. The van der Waals surface area contributed by atoms with E-state index in [1.807, 2.05) is 24.4 Å². The molecule has 0 amide bonds. The predicted octanol–water partition coefficient (Wildman–Crippen LogP) is 3.66. The number of hydrogen-bond donors (Lipinski definition) is 2. The molecule has 0 aliphatic rings. The van der Waals surface area contributed by atoms with Crippen LogP contribution in [0.25, 0.3) is 21.2 Å². The van der Waals surface area contributed by atoms with Gasteiger partial charge in [-0.05, 0) is 23.8 Å². The molecular weight excluding hydrogens is 367 g/mol. The van der Waals surface area contributed by atoms with E-state index in [1.165, 1.54) is 0 Å². The Labute approximate surface area is 153 Å². The minimum absolute atomic E-state index is 0.0292. The van der Waals surface area contributed by atoms with Gasteiger partial charge >= 0.3 is 0 Å². The number of hydrogen-bond acceptors (Lipinski definition) is 4. The summed E-state index contributed by atoms with van der Waals surface area (Å²) in [6.45, 7) is 1.22. The molecule has 0 saturated heterocycles. The van der Waals surface area contributed by atoms with Gasteiger partial charge in [-0.15, -0.1) is 11.3 Å². The summed E-state index contributed by atoms with van der Waals surface area (Å²) in [5.41, 5.74) is 1.84. The summed E-state index contributed by atoms with van der Waals surface area (Å²) >= 11 is 13.7. The molecule has 1 aromatic carbocycles. The van der Waals surface area contributed by atoms with Gasteiger partial charge in [0.15, 0.2) is 0 Å². The van der Waals surface area contributed by atoms with Crippen molar-refractivity contribution in [2.45, 2.75) is 6.54 Å². The molecule has 0 radical (unpaired) electrons. The third-order valence-electron chi connectivity index (χ3n) is 3.72. The highest BCUT2D eigenvalue weighted by molar-refractivity contribution is 7.19. The molecule has 0 bridgehead atoms. The summed E-state index contributed by atoms with van der Waals surface area (Å²) in [4.78, 5) is 13.5. The number of aliphatic hydroxyl groups is 1. The highest BCUT2D eigenvalue weighted by Gasteiger charge is 2.14. The van der Waals surface area contributed by atoms with Crippen molar-refractivity contribution < 1.29 is 5.11 Å². The Morgan fingerprint density at radius 3 is 2.75 bits per heavy atom. The smallest absolute Gasteiger partial charge is 0.259 e. The fraction of sp³-hybridized carbons (Fsp3) is 0.235. The quantitative estimate of drug-likeness (QED) is 0.662. The Kier molecular flexibility index (Phi) is 5.27. The SMILES string of the molecule is Cn1cc(-c2ccc(Cl)c(Cl)c2)c2sc(CNCCO)cc2c1=O. The van der Waals surface area contributed by atoms with Gasteiger partial charge in [-0.2, -0.15) is 0 Å². The fourth-order valence-electron chi connectivity index (χ4n) is 2.55. The average molecular weight is 383 g/mol. The lowest BCUT2D eigenvalue weighted by molar-refractivity contribution is 0.292. The van der Waals surface area contributed by atoms with Gasteiger partial charge in [0.2, 0.25) is 0 Å². The standard InChI is InChI=1S/C17H16Cl2N2O2S/c1-21-9-13(10-2-3-14(18)15(19)6-10)16-12(17(21)23)7-11(24-16)8-20-4-5-22/h2-3,6-7,9,20,22H,4-5,8H2,1H3. The Bertz CT molecular complexity index is 950. The molecule has 7 heteroatoms. The number of aryl methyl sites for hydroxylation is 1. The van der Waals surface area contributed by atoms with Crippen molar-refractivity contribution in [2.24, 2.45) is 7.05 Å². The van der Waals surface area contributed by atoms with Crippen LogP contribution in [-0.2, 0) is 13.6 Å². The van der Waals surface area contributed by atoms with Gasteiger partial charge in [0, 0.05) is 41.5 Å². The van der Waals surface area contributed by atoms with Gasteiger partial charge in [-0.25, -0.2) is 0 Å². The summed E-state index contributed by atoms with van der Waals surface area (Å²) in [7, 11) is 1.74. The first-order chi connectivity index (χ1) is 11.5. The molecule has 0 unspecified atom stereocenters. The summed E-state index contributed by atoms with van der Waals surface area (Å²) in [6, 6.07) is 7.38. The normalized spacial score (nSPS) is 11.3. The number of thiophene rings is 1. The molecule has 0 aliphatic carbocycles. The van der Waals surface area contributed by atoms with Gasteiger partial charge < -0.3 is 15.0 Å². The second-order valence-corrected chi connectivity index (χ2v) is 7.39. The number of benzene rings is 1. The van der Waals surface area contributed by atoms with Gasteiger partial charge in [0.25, 0.3) is 5.56 Å². The number of rotatable bonds is 5.